The van der Waals surface area contributed by atoms with Gasteiger partial charge in [-0.2, -0.15) is 0 Å². The molecule has 0 spiro atoms. The number of carbonyl (C=O) groups is 1. The van der Waals surface area contributed by atoms with Crippen LogP contribution in [0.3, 0.4) is 0 Å². The molecule has 2 nitrogen and oxygen atoms in total. The van der Waals surface area contributed by atoms with Gasteiger partial charge in [0.15, 0.2) is 5.78 Å². The smallest absolute Gasteiger partial charge is 0.164 e. The lowest BCUT2D eigenvalue weighted by atomic mass is 10.1. The van der Waals surface area contributed by atoms with Gasteiger partial charge in [-0.3, -0.25) is 4.79 Å². The molecule has 1 atom stereocenters. The molecule has 0 aliphatic heterocycles. The lowest BCUT2D eigenvalue weighted by molar-refractivity contribution is 0.0961. The van der Waals surface area contributed by atoms with Gasteiger partial charge in [-0.05, 0) is 32.5 Å². The van der Waals surface area contributed by atoms with Crippen LogP contribution in [0.5, 0.6) is 0 Å². The highest BCUT2D eigenvalue weighted by molar-refractivity contribution is 9.10. The molecule has 0 fully saturated rings. The van der Waals surface area contributed by atoms with E-state index in [2.05, 4.69) is 41.7 Å². The molecule has 0 heterocycles. The third kappa shape index (κ3) is 4.60. The summed E-state index contributed by atoms with van der Waals surface area (Å²) < 4.78 is 0.957. The molecule has 1 aromatic carbocycles. The third-order valence-corrected chi connectivity index (χ3v) is 3.67. The highest BCUT2D eigenvalue weighted by Crippen LogP contribution is 2.13. The van der Waals surface area contributed by atoms with Crippen molar-refractivity contribution in [2.24, 2.45) is 0 Å². The highest BCUT2D eigenvalue weighted by Gasteiger charge is 2.10. The van der Waals surface area contributed by atoms with E-state index in [0.717, 1.165) is 23.0 Å². The van der Waals surface area contributed by atoms with Gasteiger partial charge in [-0.15, -0.1) is 0 Å². The Bertz CT molecular complexity index is 378. The number of hydrogen-bond donors (Lipinski definition) is 0. The lowest BCUT2D eigenvalue weighted by Gasteiger charge is -2.22. The second-order valence-corrected chi connectivity index (χ2v) is 5.34. The van der Waals surface area contributed by atoms with Crippen LogP contribution in [0.1, 0.15) is 37.0 Å². The van der Waals surface area contributed by atoms with E-state index < -0.39 is 0 Å². The van der Waals surface area contributed by atoms with E-state index in [4.69, 9.17) is 0 Å². The van der Waals surface area contributed by atoms with Crippen molar-refractivity contribution >= 4 is 21.7 Å². The summed E-state index contributed by atoms with van der Waals surface area (Å²) in [5.74, 6) is 0.210. The predicted octanol–water partition coefficient (Wildman–Crippen LogP) is 3.75. The van der Waals surface area contributed by atoms with Crippen LogP contribution in [0.15, 0.2) is 28.7 Å². The van der Waals surface area contributed by atoms with Crippen molar-refractivity contribution < 1.29 is 4.79 Å². The average Bonchev–Trinajstić information content (AvgIpc) is 2.34. The fraction of sp³-hybridized carbons (Fsp3) is 0.500. The molecular weight excluding hydrogens is 278 g/mol. The Hall–Kier alpha value is -0.670. The zero-order valence-corrected chi connectivity index (χ0v) is 12.3. The summed E-state index contributed by atoms with van der Waals surface area (Å²) in [4.78, 5) is 14.2. The molecule has 0 aliphatic rings. The van der Waals surface area contributed by atoms with Crippen molar-refractivity contribution in [3.8, 4) is 0 Å². The summed E-state index contributed by atoms with van der Waals surface area (Å²) in [6.07, 6.45) is 1.69. The van der Waals surface area contributed by atoms with E-state index in [-0.39, 0.29) is 5.78 Å². The Balaban J connectivity index is 2.50. The second kappa shape index (κ2) is 6.92. The van der Waals surface area contributed by atoms with Crippen molar-refractivity contribution in [2.75, 3.05) is 13.6 Å². The van der Waals surface area contributed by atoms with Crippen molar-refractivity contribution in [3.05, 3.63) is 34.3 Å². The summed E-state index contributed by atoms with van der Waals surface area (Å²) in [5.41, 5.74) is 0.789. The number of nitrogens with zero attached hydrogens (tertiary/aromatic N) is 1. The number of hydrogen-bond acceptors (Lipinski definition) is 2. The molecule has 0 N–H and O–H groups in total. The minimum Gasteiger partial charge on any atom is -0.303 e. The molecule has 0 bridgehead atoms. The van der Waals surface area contributed by atoms with Gasteiger partial charge in [-0.25, -0.2) is 0 Å². The quantitative estimate of drug-likeness (QED) is 0.745. The first-order chi connectivity index (χ1) is 8.04. The van der Waals surface area contributed by atoms with Crippen LogP contribution >= 0.6 is 15.9 Å². The first-order valence-corrected chi connectivity index (χ1v) is 6.83. The molecule has 0 saturated carbocycles. The molecule has 17 heavy (non-hydrogen) atoms. The van der Waals surface area contributed by atoms with Gasteiger partial charge in [0.1, 0.15) is 0 Å². The molecule has 0 aliphatic carbocycles. The molecule has 0 radical (unpaired) electrons. The number of rotatable bonds is 6. The van der Waals surface area contributed by atoms with Crippen LogP contribution in [0.4, 0.5) is 0 Å². The van der Waals surface area contributed by atoms with Gasteiger partial charge in [0, 0.05) is 29.0 Å². The fourth-order valence-electron chi connectivity index (χ4n) is 1.62. The zero-order chi connectivity index (χ0) is 12.8. The monoisotopic (exact) mass is 297 g/mol. The normalized spacial score (nSPS) is 12.8. The van der Waals surface area contributed by atoms with Crippen LogP contribution in [-0.2, 0) is 0 Å². The summed E-state index contributed by atoms with van der Waals surface area (Å²) in [6, 6.07) is 8.12. The summed E-state index contributed by atoms with van der Waals surface area (Å²) in [7, 11) is 2.07. The first kappa shape index (κ1) is 14.4. The molecule has 0 aromatic heterocycles. The van der Waals surface area contributed by atoms with Crippen molar-refractivity contribution in [3.63, 3.8) is 0 Å². The van der Waals surface area contributed by atoms with Crippen molar-refractivity contribution in [1.82, 2.24) is 4.90 Å². The van der Waals surface area contributed by atoms with E-state index in [1.165, 1.54) is 0 Å². The molecule has 1 rings (SSSR count). The number of carbonyl (C=O) groups excluding carboxylic acids is 1. The standard InChI is InChI=1S/C14H20BrNO/c1-4-11(2)16(3)9-8-14(17)12-6-5-7-13(15)10-12/h5-7,10-11H,4,8-9H2,1-3H3. The van der Waals surface area contributed by atoms with Gasteiger partial charge in [0.2, 0.25) is 0 Å². The van der Waals surface area contributed by atoms with Crippen LogP contribution < -0.4 is 0 Å². The Morgan fingerprint density at radius 1 is 1.47 bits per heavy atom. The Morgan fingerprint density at radius 2 is 2.18 bits per heavy atom. The highest BCUT2D eigenvalue weighted by atomic mass is 79.9. The average molecular weight is 298 g/mol. The lowest BCUT2D eigenvalue weighted by Crippen LogP contribution is -2.30. The van der Waals surface area contributed by atoms with Crippen LogP contribution in [0, 0.1) is 0 Å². The molecule has 0 amide bonds. The molecule has 3 heteroatoms. The Kier molecular flexibility index (Phi) is 5.86. The van der Waals surface area contributed by atoms with Gasteiger partial charge in [0.25, 0.3) is 0 Å². The van der Waals surface area contributed by atoms with Gasteiger partial charge < -0.3 is 4.90 Å². The summed E-state index contributed by atoms with van der Waals surface area (Å²) in [5, 5.41) is 0. The largest absolute Gasteiger partial charge is 0.303 e. The number of Topliss-reactive ketones (excluding diaryl/α,β-unsaturated/α-hetero) is 1. The minimum absolute atomic E-state index is 0.210. The van der Waals surface area contributed by atoms with Gasteiger partial charge in [0.05, 0.1) is 0 Å². The molecule has 94 valence electrons. The summed E-state index contributed by atoms with van der Waals surface area (Å²) in [6.45, 7) is 5.17. The maximum atomic E-state index is 12.0. The van der Waals surface area contributed by atoms with E-state index >= 15 is 0 Å². The van der Waals surface area contributed by atoms with Crippen LogP contribution in [-0.4, -0.2) is 30.3 Å². The van der Waals surface area contributed by atoms with E-state index in [0.29, 0.717) is 12.5 Å². The maximum Gasteiger partial charge on any atom is 0.164 e. The Morgan fingerprint density at radius 3 is 2.76 bits per heavy atom. The first-order valence-electron chi connectivity index (χ1n) is 6.03. The van der Waals surface area contributed by atoms with E-state index in [9.17, 15) is 4.79 Å². The van der Waals surface area contributed by atoms with Crippen molar-refractivity contribution in [2.45, 2.75) is 32.7 Å². The number of ketones is 1. The van der Waals surface area contributed by atoms with Crippen LogP contribution in [0.2, 0.25) is 0 Å². The van der Waals surface area contributed by atoms with Gasteiger partial charge >= 0.3 is 0 Å². The molecule has 0 saturated heterocycles. The topological polar surface area (TPSA) is 20.3 Å². The fourth-order valence-corrected chi connectivity index (χ4v) is 2.02. The molecule has 1 aromatic rings. The zero-order valence-electron chi connectivity index (χ0n) is 10.7. The molecule has 1 unspecified atom stereocenters. The van der Waals surface area contributed by atoms with Gasteiger partial charge in [-0.1, -0.05) is 35.0 Å². The Labute approximate surface area is 112 Å². The van der Waals surface area contributed by atoms with E-state index in [1.54, 1.807) is 0 Å². The summed E-state index contributed by atoms with van der Waals surface area (Å²) >= 11 is 3.38. The molecular formula is C14H20BrNO. The SMILES string of the molecule is CCC(C)N(C)CCC(=O)c1cccc(Br)c1. The number of benzene rings is 1. The minimum atomic E-state index is 0.210. The number of halogens is 1. The maximum absolute atomic E-state index is 12.0. The predicted molar refractivity (Wildman–Crippen MR) is 75.5 cm³/mol. The van der Waals surface area contributed by atoms with Crippen LogP contribution in [0.25, 0.3) is 0 Å². The second-order valence-electron chi connectivity index (χ2n) is 4.42. The third-order valence-electron chi connectivity index (χ3n) is 3.18. The van der Waals surface area contributed by atoms with Crippen molar-refractivity contribution in [1.29, 1.82) is 0 Å². The van der Waals surface area contributed by atoms with E-state index in [1.807, 2.05) is 24.3 Å².